The third-order valence-electron chi connectivity index (χ3n) is 8.24. The molecule has 8 heteroatoms. The van der Waals surface area contributed by atoms with Crippen LogP contribution in [0.15, 0.2) is 40.9 Å². The molecule has 1 saturated carbocycles. The van der Waals surface area contributed by atoms with Gasteiger partial charge >= 0.3 is 0 Å². The Kier molecular flexibility index (Phi) is 6.68. The number of imidazole rings is 1. The molecule has 6 nitrogen and oxygen atoms in total. The SMILES string of the molecule is CCOC1CCC(n2c([C@@H]3CCCN3c3ccc(F)c(F)c3)nc3cc(-c4c(C)noc4C)ccc32)CC1. The summed E-state index contributed by atoms with van der Waals surface area (Å²) in [5.41, 5.74) is 5.63. The van der Waals surface area contributed by atoms with E-state index in [2.05, 4.69) is 39.7 Å². The van der Waals surface area contributed by atoms with E-state index in [-0.39, 0.29) is 6.04 Å². The van der Waals surface area contributed by atoms with Crippen molar-refractivity contribution in [1.29, 1.82) is 0 Å². The fourth-order valence-corrected chi connectivity index (χ4v) is 6.50. The Bertz CT molecular complexity index is 1430. The molecular formula is C30H34F2N4O2. The highest BCUT2D eigenvalue weighted by Gasteiger charge is 2.34. The zero-order valence-electron chi connectivity index (χ0n) is 22.2. The molecule has 0 radical (unpaired) electrons. The number of halogens is 2. The van der Waals surface area contributed by atoms with Gasteiger partial charge in [-0.3, -0.25) is 0 Å². The second-order valence-electron chi connectivity index (χ2n) is 10.6. The summed E-state index contributed by atoms with van der Waals surface area (Å²) in [7, 11) is 0. The van der Waals surface area contributed by atoms with Crippen molar-refractivity contribution >= 4 is 16.7 Å². The third kappa shape index (κ3) is 4.38. The van der Waals surface area contributed by atoms with Crippen molar-refractivity contribution in [2.45, 2.75) is 77.5 Å². The quantitative estimate of drug-likeness (QED) is 0.264. The topological polar surface area (TPSA) is 56.3 Å². The van der Waals surface area contributed by atoms with Crippen LogP contribution in [0.25, 0.3) is 22.2 Å². The predicted octanol–water partition coefficient (Wildman–Crippen LogP) is 7.45. The van der Waals surface area contributed by atoms with Crippen LogP contribution in [0.5, 0.6) is 0 Å². The molecular weight excluding hydrogens is 486 g/mol. The summed E-state index contributed by atoms with van der Waals surface area (Å²) in [4.78, 5) is 7.42. The number of anilines is 1. The molecule has 0 bridgehead atoms. The molecule has 4 aromatic rings. The fraction of sp³-hybridized carbons (Fsp3) is 0.467. The molecule has 38 heavy (non-hydrogen) atoms. The van der Waals surface area contributed by atoms with Gasteiger partial charge in [-0.1, -0.05) is 11.2 Å². The molecule has 1 aliphatic carbocycles. The largest absolute Gasteiger partial charge is 0.379 e. The van der Waals surface area contributed by atoms with Crippen LogP contribution < -0.4 is 4.90 Å². The van der Waals surface area contributed by atoms with Crippen LogP contribution in [0.3, 0.4) is 0 Å². The van der Waals surface area contributed by atoms with E-state index in [4.69, 9.17) is 14.2 Å². The van der Waals surface area contributed by atoms with Gasteiger partial charge in [0.1, 0.15) is 11.6 Å². The van der Waals surface area contributed by atoms with Crippen LogP contribution in [-0.4, -0.2) is 34.0 Å². The van der Waals surface area contributed by atoms with Crippen LogP contribution >= 0.6 is 0 Å². The minimum atomic E-state index is -0.824. The van der Waals surface area contributed by atoms with Gasteiger partial charge in [0, 0.05) is 36.5 Å². The average molecular weight is 521 g/mol. The summed E-state index contributed by atoms with van der Waals surface area (Å²) in [6.45, 7) is 7.45. The van der Waals surface area contributed by atoms with Gasteiger partial charge in [-0.05, 0) is 89.1 Å². The Morgan fingerprint density at radius 1 is 1.00 bits per heavy atom. The minimum Gasteiger partial charge on any atom is -0.379 e. The van der Waals surface area contributed by atoms with Crippen LogP contribution in [-0.2, 0) is 4.74 Å². The maximum absolute atomic E-state index is 14.2. The van der Waals surface area contributed by atoms with Gasteiger partial charge in [0.2, 0.25) is 0 Å². The van der Waals surface area contributed by atoms with E-state index in [9.17, 15) is 8.78 Å². The monoisotopic (exact) mass is 520 g/mol. The average Bonchev–Trinajstić information content (AvgIpc) is 3.63. The molecule has 1 atom stereocenters. The van der Waals surface area contributed by atoms with E-state index in [1.54, 1.807) is 6.07 Å². The molecule has 2 aromatic carbocycles. The standard InChI is InChI=1S/C30H34F2N4O2/c1-4-37-23-11-8-21(9-12-23)36-27-14-7-20(29-18(2)34-38-19(29)3)16-26(27)33-30(36)28-6-5-15-35(28)22-10-13-24(31)25(32)17-22/h7,10,13-14,16-17,21,23,28H,4-6,8-9,11-12,15H2,1-3H3/t21?,23?,28-/m0/s1. The van der Waals surface area contributed by atoms with E-state index >= 15 is 0 Å². The number of hydrogen-bond donors (Lipinski definition) is 0. The summed E-state index contributed by atoms with van der Waals surface area (Å²) in [6.07, 6.45) is 6.27. The van der Waals surface area contributed by atoms with Gasteiger partial charge in [-0.2, -0.15) is 0 Å². The lowest BCUT2D eigenvalue weighted by Gasteiger charge is -2.33. The van der Waals surface area contributed by atoms with Crippen LogP contribution in [0.1, 0.15) is 74.8 Å². The van der Waals surface area contributed by atoms with Crippen molar-refractivity contribution in [3.05, 3.63) is 65.3 Å². The molecule has 0 spiro atoms. The summed E-state index contributed by atoms with van der Waals surface area (Å²) in [5.74, 6) is 0.142. The van der Waals surface area contributed by atoms with Crippen molar-refractivity contribution in [2.24, 2.45) is 0 Å². The number of benzene rings is 2. The van der Waals surface area contributed by atoms with Crippen LogP contribution in [0.2, 0.25) is 0 Å². The van der Waals surface area contributed by atoms with Crippen molar-refractivity contribution < 1.29 is 18.0 Å². The molecule has 0 unspecified atom stereocenters. The Morgan fingerprint density at radius 3 is 2.53 bits per heavy atom. The van der Waals surface area contributed by atoms with Gasteiger partial charge in [0.15, 0.2) is 11.6 Å². The summed E-state index contributed by atoms with van der Waals surface area (Å²) in [5, 5.41) is 4.13. The van der Waals surface area contributed by atoms with E-state index in [0.29, 0.717) is 17.8 Å². The zero-order chi connectivity index (χ0) is 26.4. The molecule has 1 saturated heterocycles. The molecule has 6 rings (SSSR count). The Balaban J connectivity index is 1.44. The van der Waals surface area contributed by atoms with Crippen LogP contribution in [0, 0.1) is 25.5 Å². The maximum Gasteiger partial charge on any atom is 0.160 e. The van der Waals surface area contributed by atoms with E-state index in [0.717, 1.165) is 91.1 Å². The molecule has 0 amide bonds. The minimum absolute atomic E-state index is 0.0145. The van der Waals surface area contributed by atoms with Crippen molar-refractivity contribution in [3.8, 4) is 11.1 Å². The number of rotatable bonds is 6. The molecule has 200 valence electrons. The van der Waals surface area contributed by atoms with Gasteiger partial charge in [-0.25, -0.2) is 13.8 Å². The highest BCUT2D eigenvalue weighted by atomic mass is 19.2. The molecule has 2 aromatic heterocycles. The normalized spacial score (nSPS) is 22.0. The van der Waals surface area contributed by atoms with E-state index < -0.39 is 11.6 Å². The number of nitrogens with zero attached hydrogens (tertiary/aromatic N) is 4. The number of aromatic nitrogens is 3. The van der Waals surface area contributed by atoms with Gasteiger partial charge in [0.25, 0.3) is 0 Å². The van der Waals surface area contributed by atoms with Gasteiger partial charge in [-0.15, -0.1) is 0 Å². The maximum atomic E-state index is 14.2. The first-order valence-corrected chi connectivity index (χ1v) is 13.7. The summed E-state index contributed by atoms with van der Waals surface area (Å²) >= 11 is 0. The Labute approximate surface area is 221 Å². The molecule has 0 N–H and O–H groups in total. The Hall–Kier alpha value is -3.26. The number of fused-ring (bicyclic) bond motifs is 1. The van der Waals surface area contributed by atoms with Crippen molar-refractivity contribution in [3.63, 3.8) is 0 Å². The van der Waals surface area contributed by atoms with E-state index in [1.165, 1.54) is 12.1 Å². The summed E-state index contributed by atoms with van der Waals surface area (Å²) < 4.78 is 41.7. The molecule has 2 fully saturated rings. The first-order valence-electron chi connectivity index (χ1n) is 13.7. The van der Waals surface area contributed by atoms with Crippen LogP contribution in [0.4, 0.5) is 14.5 Å². The highest BCUT2D eigenvalue weighted by molar-refractivity contribution is 5.84. The lowest BCUT2D eigenvalue weighted by atomic mass is 9.92. The first-order chi connectivity index (χ1) is 18.4. The second-order valence-corrected chi connectivity index (χ2v) is 10.6. The zero-order valence-corrected chi connectivity index (χ0v) is 22.2. The lowest BCUT2D eigenvalue weighted by Crippen LogP contribution is -2.29. The van der Waals surface area contributed by atoms with Crippen molar-refractivity contribution in [2.75, 3.05) is 18.1 Å². The van der Waals surface area contributed by atoms with E-state index in [1.807, 2.05) is 13.8 Å². The molecule has 2 aliphatic rings. The highest BCUT2D eigenvalue weighted by Crippen LogP contribution is 2.42. The first kappa shape index (κ1) is 25.0. The Morgan fingerprint density at radius 2 is 1.82 bits per heavy atom. The number of ether oxygens (including phenoxy) is 1. The lowest BCUT2D eigenvalue weighted by molar-refractivity contribution is 0.0271. The smallest absolute Gasteiger partial charge is 0.160 e. The molecule has 3 heterocycles. The van der Waals surface area contributed by atoms with Gasteiger partial charge in [0.05, 0.1) is 28.9 Å². The van der Waals surface area contributed by atoms with Gasteiger partial charge < -0.3 is 18.7 Å². The third-order valence-corrected chi connectivity index (χ3v) is 8.24. The van der Waals surface area contributed by atoms with Crippen molar-refractivity contribution in [1.82, 2.24) is 14.7 Å². The summed E-state index contributed by atoms with van der Waals surface area (Å²) in [6, 6.07) is 10.9. The number of hydrogen-bond acceptors (Lipinski definition) is 5. The fourth-order valence-electron chi connectivity index (χ4n) is 6.50. The number of aryl methyl sites for hydroxylation is 2. The molecule has 1 aliphatic heterocycles. The predicted molar refractivity (Wildman–Crippen MR) is 143 cm³/mol. The second kappa shape index (κ2) is 10.1.